The molecule has 0 amide bonds. The molecule has 0 radical (unpaired) electrons. The van der Waals surface area contributed by atoms with E-state index >= 15 is 0 Å². The molecule has 74 valence electrons. The largest absolute Gasteiger partial charge is 0.281 e. The predicted octanol–water partition coefficient (Wildman–Crippen LogP) is 3.09. The van der Waals surface area contributed by atoms with Crippen LogP contribution in [-0.2, 0) is 5.33 Å². The van der Waals surface area contributed by atoms with Crippen molar-refractivity contribution in [3.8, 4) is 6.07 Å². The second-order valence-electron chi connectivity index (χ2n) is 2.71. The summed E-state index contributed by atoms with van der Waals surface area (Å²) >= 11 is 3.20. The van der Waals surface area contributed by atoms with Gasteiger partial charge in [-0.15, -0.1) is 0 Å². The Bertz CT molecular complexity index is 385. The van der Waals surface area contributed by atoms with Crippen molar-refractivity contribution >= 4 is 15.9 Å². The minimum atomic E-state index is -2.70. The maximum absolute atomic E-state index is 12.4. The fraction of sp³-hybridized carbons (Fsp3) is 0.333. The van der Waals surface area contributed by atoms with Crippen molar-refractivity contribution in [3.63, 3.8) is 0 Å². The second-order valence-corrected chi connectivity index (χ2v) is 3.28. The van der Waals surface area contributed by atoms with E-state index in [4.69, 9.17) is 5.26 Å². The zero-order valence-corrected chi connectivity index (χ0v) is 8.98. The van der Waals surface area contributed by atoms with Gasteiger partial charge >= 0.3 is 0 Å². The van der Waals surface area contributed by atoms with Gasteiger partial charge < -0.3 is 0 Å². The smallest absolute Gasteiger partial charge is 0.254 e. The van der Waals surface area contributed by atoms with Crippen molar-refractivity contribution < 1.29 is 8.78 Å². The average molecular weight is 261 g/mol. The molecule has 0 aromatic carbocycles. The number of nitrogens with zero attached hydrogens (tertiary/aromatic N) is 2. The van der Waals surface area contributed by atoms with Gasteiger partial charge in [0, 0.05) is 11.5 Å². The van der Waals surface area contributed by atoms with Crippen molar-refractivity contribution in [1.29, 1.82) is 5.26 Å². The van der Waals surface area contributed by atoms with Gasteiger partial charge in [-0.25, -0.2) is 8.78 Å². The quantitative estimate of drug-likeness (QED) is 0.767. The Morgan fingerprint density at radius 1 is 1.64 bits per heavy atom. The number of hydrogen-bond acceptors (Lipinski definition) is 2. The SMILES string of the molecule is Cc1c(CBr)cnc(C(F)F)c1C#N. The summed E-state index contributed by atoms with van der Waals surface area (Å²) in [7, 11) is 0. The van der Waals surface area contributed by atoms with E-state index in [2.05, 4.69) is 20.9 Å². The fourth-order valence-corrected chi connectivity index (χ4v) is 1.67. The summed E-state index contributed by atoms with van der Waals surface area (Å²) < 4.78 is 24.8. The number of halogens is 3. The number of rotatable bonds is 2. The number of hydrogen-bond donors (Lipinski definition) is 0. The minimum absolute atomic E-state index is 0.0167. The number of aromatic nitrogens is 1. The molecule has 0 bridgehead atoms. The second kappa shape index (κ2) is 4.47. The molecule has 0 saturated heterocycles. The first-order chi connectivity index (χ1) is 6.61. The van der Waals surface area contributed by atoms with E-state index in [1.807, 2.05) is 0 Å². The fourth-order valence-electron chi connectivity index (χ4n) is 1.10. The van der Waals surface area contributed by atoms with Crippen molar-refractivity contribution in [1.82, 2.24) is 4.98 Å². The van der Waals surface area contributed by atoms with Crippen LogP contribution in [0, 0.1) is 18.3 Å². The minimum Gasteiger partial charge on any atom is -0.254 e. The molecular weight excluding hydrogens is 254 g/mol. The Labute approximate surface area is 88.7 Å². The molecule has 14 heavy (non-hydrogen) atoms. The van der Waals surface area contributed by atoms with Crippen LogP contribution >= 0.6 is 15.9 Å². The van der Waals surface area contributed by atoms with E-state index in [-0.39, 0.29) is 5.56 Å². The van der Waals surface area contributed by atoms with E-state index in [1.165, 1.54) is 6.20 Å². The molecule has 0 aliphatic rings. The first-order valence-corrected chi connectivity index (χ1v) is 4.96. The summed E-state index contributed by atoms with van der Waals surface area (Å²) in [4.78, 5) is 3.58. The Hall–Kier alpha value is -1.02. The Morgan fingerprint density at radius 2 is 2.29 bits per heavy atom. The van der Waals surface area contributed by atoms with Crippen molar-refractivity contribution in [2.45, 2.75) is 18.7 Å². The number of pyridine rings is 1. The molecule has 1 aromatic heterocycles. The van der Waals surface area contributed by atoms with Gasteiger partial charge in [0.05, 0.1) is 5.56 Å². The van der Waals surface area contributed by atoms with Crippen LogP contribution < -0.4 is 0 Å². The summed E-state index contributed by atoms with van der Waals surface area (Å²) in [6.45, 7) is 1.64. The third kappa shape index (κ3) is 1.90. The lowest BCUT2D eigenvalue weighted by atomic mass is 10.0. The molecule has 1 heterocycles. The predicted molar refractivity (Wildman–Crippen MR) is 51.3 cm³/mol. The topological polar surface area (TPSA) is 36.7 Å². The van der Waals surface area contributed by atoms with Gasteiger partial charge in [-0.3, -0.25) is 4.98 Å². The standard InChI is InChI=1S/C9H7BrF2N2/c1-5-6(2-10)4-14-8(9(11)12)7(5)3-13/h4,9H,2H2,1H3. The lowest BCUT2D eigenvalue weighted by molar-refractivity contribution is 0.145. The van der Waals surface area contributed by atoms with Crippen LogP contribution in [0.1, 0.15) is 28.8 Å². The van der Waals surface area contributed by atoms with Gasteiger partial charge in [-0.1, -0.05) is 15.9 Å². The van der Waals surface area contributed by atoms with Gasteiger partial charge in [0.15, 0.2) is 0 Å². The molecule has 2 nitrogen and oxygen atoms in total. The summed E-state index contributed by atoms with van der Waals surface area (Å²) in [5.74, 6) is 0. The molecule has 0 aliphatic carbocycles. The first-order valence-electron chi connectivity index (χ1n) is 3.84. The lowest BCUT2D eigenvalue weighted by Crippen LogP contribution is -2.01. The van der Waals surface area contributed by atoms with Crippen LogP contribution in [0.3, 0.4) is 0 Å². The van der Waals surface area contributed by atoms with Gasteiger partial charge in [0.2, 0.25) is 0 Å². The maximum atomic E-state index is 12.4. The zero-order valence-electron chi connectivity index (χ0n) is 7.39. The highest BCUT2D eigenvalue weighted by molar-refractivity contribution is 9.08. The molecular formula is C9H7BrF2N2. The highest BCUT2D eigenvalue weighted by Crippen LogP contribution is 2.25. The summed E-state index contributed by atoms with van der Waals surface area (Å²) in [6, 6.07) is 1.76. The molecule has 1 aromatic rings. The van der Waals surface area contributed by atoms with Crippen LogP contribution in [-0.4, -0.2) is 4.98 Å². The summed E-state index contributed by atoms with van der Waals surface area (Å²) in [5.41, 5.74) is 0.868. The van der Waals surface area contributed by atoms with E-state index in [0.717, 1.165) is 5.56 Å². The molecule has 0 spiro atoms. The number of alkyl halides is 3. The van der Waals surface area contributed by atoms with Crippen LogP contribution in [0.25, 0.3) is 0 Å². The Morgan fingerprint density at radius 3 is 2.71 bits per heavy atom. The van der Waals surface area contributed by atoms with Crippen LogP contribution in [0.5, 0.6) is 0 Å². The molecule has 0 atom stereocenters. The highest BCUT2D eigenvalue weighted by Gasteiger charge is 2.18. The van der Waals surface area contributed by atoms with Crippen LogP contribution in [0.15, 0.2) is 6.20 Å². The van der Waals surface area contributed by atoms with Crippen molar-refractivity contribution in [2.75, 3.05) is 0 Å². The molecule has 0 fully saturated rings. The van der Waals surface area contributed by atoms with E-state index < -0.39 is 12.1 Å². The number of nitriles is 1. The molecule has 0 N–H and O–H groups in total. The third-order valence-electron chi connectivity index (χ3n) is 1.93. The Kier molecular flexibility index (Phi) is 3.53. The monoisotopic (exact) mass is 260 g/mol. The van der Waals surface area contributed by atoms with Gasteiger partial charge in [0.25, 0.3) is 6.43 Å². The molecule has 0 aliphatic heterocycles. The maximum Gasteiger partial charge on any atom is 0.281 e. The third-order valence-corrected chi connectivity index (χ3v) is 2.54. The van der Waals surface area contributed by atoms with Gasteiger partial charge in [-0.05, 0) is 18.1 Å². The molecule has 0 saturated carbocycles. The van der Waals surface area contributed by atoms with Crippen LogP contribution in [0.4, 0.5) is 8.78 Å². The van der Waals surface area contributed by atoms with Gasteiger partial charge in [0.1, 0.15) is 11.8 Å². The molecule has 5 heteroatoms. The highest BCUT2D eigenvalue weighted by atomic mass is 79.9. The summed E-state index contributed by atoms with van der Waals surface area (Å²) in [5, 5.41) is 9.23. The molecule has 1 rings (SSSR count). The lowest BCUT2D eigenvalue weighted by Gasteiger charge is -2.07. The van der Waals surface area contributed by atoms with Crippen molar-refractivity contribution in [2.24, 2.45) is 0 Å². The van der Waals surface area contributed by atoms with Crippen LogP contribution in [0.2, 0.25) is 0 Å². The first kappa shape index (κ1) is 11.1. The van der Waals surface area contributed by atoms with Crippen molar-refractivity contribution in [3.05, 3.63) is 28.6 Å². The van der Waals surface area contributed by atoms with E-state index in [0.29, 0.717) is 10.9 Å². The average Bonchev–Trinajstić information content (AvgIpc) is 2.17. The normalized spacial score (nSPS) is 10.3. The molecule has 0 unspecified atom stereocenters. The Balaban J connectivity index is 3.38. The zero-order chi connectivity index (χ0) is 10.7. The summed E-state index contributed by atoms with van der Waals surface area (Å²) in [6.07, 6.45) is -1.33. The van der Waals surface area contributed by atoms with E-state index in [1.54, 1.807) is 13.0 Å². The van der Waals surface area contributed by atoms with Gasteiger partial charge in [-0.2, -0.15) is 5.26 Å². The van der Waals surface area contributed by atoms with E-state index in [9.17, 15) is 8.78 Å².